The Morgan fingerprint density at radius 2 is 1.88 bits per heavy atom. The van der Waals surface area contributed by atoms with E-state index in [2.05, 4.69) is 0 Å². The predicted octanol–water partition coefficient (Wildman–Crippen LogP) is 2.84. The van der Waals surface area contributed by atoms with Gasteiger partial charge in [-0.3, -0.25) is 4.79 Å². The number of esters is 1. The van der Waals surface area contributed by atoms with E-state index in [-0.39, 0.29) is 5.97 Å². The Bertz CT molecular complexity index is 286. The molecule has 0 saturated carbocycles. The third kappa shape index (κ3) is 10.9. The quantitative estimate of drug-likeness (QED) is 0.442. The molecule has 0 fully saturated rings. The largest absolute Gasteiger partial charge is 0.460 e. The number of carbonyl (C=O) groups is 1. The Hall–Kier alpha value is 0.0400. The molecule has 0 heterocycles. The second-order valence-corrected chi connectivity index (χ2v) is 8.74. The Morgan fingerprint density at radius 3 is 2.35 bits per heavy atom. The molecular weight excluding hydrogens is 259 g/mol. The average molecular weight is 282 g/mol. The normalized spacial score (nSPS) is 15.4. The van der Waals surface area contributed by atoms with Crippen LogP contribution >= 0.6 is 6.49 Å². The van der Waals surface area contributed by atoms with Crippen LogP contribution in [-0.4, -0.2) is 29.7 Å². The van der Waals surface area contributed by atoms with Gasteiger partial charge in [-0.25, -0.2) is 0 Å². The molecule has 0 spiro atoms. The van der Waals surface area contributed by atoms with Gasteiger partial charge in [-0.2, -0.15) is 0 Å². The maximum Gasteiger partial charge on any atom is 0.306 e. The molecular formula is C11H23O4PS. The lowest BCUT2D eigenvalue weighted by Crippen LogP contribution is -2.23. The fourth-order valence-corrected chi connectivity index (χ4v) is 2.43. The van der Waals surface area contributed by atoms with Gasteiger partial charge in [0.15, 0.2) is 6.49 Å². The van der Waals surface area contributed by atoms with Crippen LogP contribution in [0.1, 0.15) is 46.5 Å². The van der Waals surface area contributed by atoms with Crippen molar-refractivity contribution in [3.05, 3.63) is 0 Å². The summed E-state index contributed by atoms with van der Waals surface area (Å²) in [5.41, 5.74) is -0.417. The maximum absolute atomic E-state index is 11.4. The molecule has 1 unspecified atom stereocenters. The zero-order valence-electron chi connectivity index (χ0n) is 11.1. The highest BCUT2D eigenvalue weighted by Gasteiger charge is 2.16. The lowest BCUT2D eigenvalue weighted by molar-refractivity contribution is -0.154. The van der Waals surface area contributed by atoms with Gasteiger partial charge in [-0.1, -0.05) is 6.42 Å². The van der Waals surface area contributed by atoms with Gasteiger partial charge < -0.3 is 14.2 Å². The molecule has 0 aromatic heterocycles. The number of hydrogen-bond donors (Lipinski definition) is 1. The summed E-state index contributed by atoms with van der Waals surface area (Å²) in [5, 5.41) is 0. The van der Waals surface area contributed by atoms with E-state index in [1.165, 1.54) is 7.11 Å². The Kier molecular flexibility index (Phi) is 7.49. The van der Waals surface area contributed by atoms with E-state index in [1.54, 1.807) is 0 Å². The van der Waals surface area contributed by atoms with Crippen LogP contribution in [0.15, 0.2) is 0 Å². The monoisotopic (exact) mass is 282 g/mol. The summed E-state index contributed by atoms with van der Waals surface area (Å²) in [6.07, 6.45) is 3.31. The lowest BCUT2D eigenvalue weighted by Gasteiger charge is -2.19. The number of hydrogen-bond acceptors (Lipinski definition) is 4. The number of rotatable bonds is 7. The molecule has 1 N–H and O–H groups in total. The molecule has 0 aliphatic heterocycles. The van der Waals surface area contributed by atoms with Gasteiger partial charge >= 0.3 is 5.97 Å². The van der Waals surface area contributed by atoms with Crippen LogP contribution < -0.4 is 0 Å². The lowest BCUT2D eigenvalue weighted by atomic mass is 10.2. The molecule has 17 heavy (non-hydrogen) atoms. The van der Waals surface area contributed by atoms with Crippen molar-refractivity contribution < 1.29 is 18.9 Å². The summed E-state index contributed by atoms with van der Waals surface area (Å²) in [5.74, 6) is -0.173. The summed E-state index contributed by atoms with van der Waals surface area (Å²) < 4.78 is 10.0. The van der Waals surface area contributed by atoms with Gasteiger partial charge in [0, 0.05) is 19.7 Å². The fourth-order valence-electron chi connectivity index (χ4n) is 1.24. The van der Waals surface area contributed by atoms with E-state index in [0.717, 1.165) is 19.3 Å². The van der Waals surface area contributed by atoms with Gasteiger partial charge in [0.05, 0.1) is 0 Å². The fraction of sp³-hybridized carbons (Fsp3) is 0.909. The first-order valence-electron chi connectivity index (χ1n) is 5.76. The molecule has 0 rings (SSSR count). The summed E-state index contributed by atoms with van der Waals surface area (Å²) in [4.78, 5) is 20.9. The summed E-state index contributed by atoms with van der Waals surface area (Å²) in [6.45, 7) is 3.00. The molecule has 0 aliphatic rings. The predicted molar refractivity (Wildman–Crippen MR) is 72.7 cm³/mol. The molecule has 102 valence electrons. The zero-order chi connectivity index (χ0) is 13.5. The van der Waals surface area contributed by atoms with Crippen molar-refractivity contribution in [3.8, 4) is 0 Å². The molecule has 6 heteroatoms. The van der Waals surface area contributed by atoms with E-state index in [1.807, 2.05) is 20.8 Å². The van der Waals surface area contributed by atoms with Crippen molar-refractivity contribution in [1.29, 1.82) is 0 Å². The molecule has 0 aromatic rings. The maximum atomic E-state index is 11.4. The second kappa shape index (κ2) is 7.47. The third-order valence-electron chi connectivity index (χ3n) is 2.03. The smallest absolute Gasteiger partial charge is 0.306 e. The number of ether oxygens (including phenoxy) is 1. The van der Waals surface area contributed by atoms with Gasteiger partial charge in [0.1, 0.15) is 5.60 Å². The van der Waals surface area contributed by atoms with Crippen molar-refractivity contribution in [2.24, 2.45) is 0 Å². The SMILES string of the molecule is COP(O)(=S)CCCCCC(=O)OC(C)(C)C. The van der Waals surface area contributed by atoms with Crippen LogP contribution in [0, 0.1) is 0 Å². The minimum absolute atomic E-state index is 0.173. The molecule has 0 amide bonds. The molecule has 4 nitrogen and oxygen atoms in total. The van der Waals surface area contributed by atoms with Crippen LogP contribution in [0.3, 0.4) is 0 Å². The Morgan fingerprint density at radius 1 is 1.29 bits per heavy atom. The van der Waals surface area contributed by atoms with Crippen molar-refractivity contribution in [2.45, 2.75) is 52.1 Å². The van der Waals surface area contributed by atoms with Gasteiger partial charge in [-0.05, 0) is 45.4 Å². The van der Waals surface area contributed by atoms with E-state index in [4.69, 9.17) is 21.1 Å². The van der Waals surface area contributed by atoms with Crippen LogP contribution in [-0.2, 0) is 25.9 Å². The zero-order valence-corrected chi connectivity index (χ0v) is 12.8. The van der Waals surface area contributed by atoms with Gasteiger partial charge in [0.2, 0.25) is 0 Å². The highest BCUT2D eigenvalue weighted by atomic mass is 32.5. The Labute approximate surface area is 109 Å². The summed E-state index contributed by atoms with van der Waals surface area (Å²) in [7, 11) is 1.43. The molecule has 0 radical (unpaired) electrons. The van der Waals surface area contributed by atoms with Crippen LogP contribution in [0.5, 0.6) is 0 Å². The van der Waals surface area contributed by atoms with E-state index in [0.29, 0.717) is 12.6 Å². The van der Waals surface area contributed by atoms with Crippen LogP contribution in [0.2, 0.25) is 0 Å². The summed E-state index contributed by atoms with van der Waals surface area (Å²) in [6, 6.07) is 0. The van der Waals surface area contributed by atoms with Crippen molar-refractivity contribution in [1.82, 2.24) is 0 Å². The average Bonchev–Trinajstić information content (AvgIpc) is 2.14. The van der Waals surface area contributed by atoms with Crippen molar-refractivity contribution >= 4 is 24.3 Å². The van der Waals surface area contributed by atoms with Crippen LogP contribution in [0.4, 0.5) is 0 Å². The van der Waals surface area contributed by atoms with Crippen molar-refractivity contribution in [2.75, 3.05) is 13.3 Å². The molecule has 1 atom stereocenters. The first-order chi connectivity index (χ1) is 7.66. The van der Waals surface area contributed by atoms with Gasteiger partial charge in [-0.15, -0.1) is 0 Å². The molecule has 0 saturated heterocycles. The second-order valence-electron chi connectivity index (χ2n) is 4.94. The first-order valence-corrected chi connectivity index (χ1v) is 8.61. The minimum atomic E-state index is -2.55. The molecule has 0 aromatic carbocycles. The van der Waals surface area contributed by atoms with E-state index in [9.17, 15) is 9.69 Å². The summed E-state index contributed by atoms with van der Waals surface area (Å²) >= 11 is 4.87. The topological polar surface area (TPSA) is 55.8 Å². The van der Waals surface area contributed by atoms with E-state index < -0.39 is 12.1 Å². The number of carbonyl (C=O) groups excluding carboxylic acids is 1. The van der Waals surface area contributed by atoms with Crippen LogP contribution in [0.25, 0.3) is 0 Å². The van der Waals surface area contributed by atoms with E-state index >= 15 is 0 Å². The standard InChI is InChI=1S/C11H23O4PS/c1-11(2,3)15-10(12)8-6-5-7-9-16(13,17)14-4/h5-9H2,1-4H3,(H,13,17). The minimum Gasteiger partial charge on any atom is -0.460 e. The first kappa shape index (κ1) is 17.0. The third-order valence-corrected chi connectivity index (χ3v) is 4.47. The van der Waals surface area contributed by atoms with Gasteiger partial charge in [0.25, 0.3) is 0 Å². The Balaban J connectivity index is 3.59. The number of unbranched alkanes of at least 4 members (excludes halogenated alkanes) is 2. The highest BCUT2D eigenvalue weighted by molar-refractivity contribution is 8.09. The van der Waals surface area contributed by atoms with Crippen molar-refractivity contribution in [3.63, 3.8) is 0 Å². The highest BCUT2D eigenvalue weighted by Crippen LogP contribution is 2.42. The molecule has 0 bridgehead atoms. The molecule has 0 aliphatic carbocycles.